The SMILES string of the molecule is CCOC(=O)c1c(N2CCN(C(=O)c3ccc(F)cc3)CC2)c2cc(C)ccc2n(CCCN(C)CC)c1=O. The normalized spacial score (nSPS) is 13.8. The molecule has 1 saturated heterocycles. The zero-order valence-electron chi connectivity index (χ0n) is 23.2. The Morgan fingerprint density at radius 2 is 1.72 bits per heavy atom. The van der Waals surface area contributed by atoms with Crippen molar-refractivity contribution in [3.05, 3.63) is 75.3 Å². The van der Waals surface area contributed by atoms with Crippen molar-refractivity contribution >= 4 is 28.5 Å². The van der Waals surface area contributed by atoms with Gasteiger partial charge in [-0.2, -0.15) is 0 Å². The fraction of sp³-hybridized carbons (Fsp3) is 0.433. The van der Waals surface area contributed by atoms with Crippen molar-refractivity contribution in [1.82, 2.24) is 14.4 Å². The number of piperazine rings is 1. The van der Waals surface area contributed by atoms with Gasteiger partial charge in [-0.1, -0.05) is 18.6 Å². The molecule has 0 unspecified atom stereocenters. The van der Waals surface area contributed by atoms with Crippen LogP contribution in [-0.2, 0) is 11.3 Å². The van der Waals surface area contributed by atoms with Crippen LogP contribution < -0.4 is 10.5 Å². The van der Waals surface area contributed by atoms with Gasteiger partial charge in [0.15, 0.2) is 0 Å². The Bertz CT molecular complexity index is 1390. The van der Waals surface area contributed by atoms with E-state index in [0.29, 0.717) is 44.0 Å². The minimum absolute atomic E-state index is 0.0390. The number of pyridine rings is 1. The number of hydrogen-bond acceptors (Lipinski definition) is 6. The molecule has 2 heterocycles. The van der Waals surface area contributed by atoms with Crippen LogP contribution in [0.25, 0.3) is 10.9 Å². The molecule has 9 heteroatoms. The molecule has 1 aromatic heterocycles. The lowest BCUT2D eigenvalue weighted by Crippen LogP contribution is -2.49. The van der Waals surface area contributed by atoms with E-state index in [1.165, 1.54) is 24.3 Å². The number of ether oxygens (including phenoxy) is 1. The standard InChI is InChI=1S/C30H37FN4O4/c1-5-32(4)14-7-15-35-25-13-8-21(3)20-24(25)27(26(29(35)37)30(38)39-6-2)33-16-18-34(19-17-33)28(36)22-9-11-23(31)12-10-22/h8-13,20H,5-7,14-19H2,1-4H3. The van der Waals surface area contributed by atoms with E-state index in [9.17, 15) is 18.8 Å². The quantitative estimate of drug-likeness (QED) is 0.386. The van der Waals surface area contributed by atoms with Crippen LogP contribution in [0, 0.1) is 12.7 Å². The average molecular weight is 537 g/mol. The Morgan fingerprint density at radius 3 is 2.36 bits per heavy atom. The summed E-state index contributed by atoms with van der Waals surface area (Å²) >= 11 is 0. The molecule has 4 rings (SSSR count). The predicted octanol–water partition coefficient (Wildman–Crippen LogP) is 3.93. The first-order chi connectivity index (χ1) is 18.7. The van der Waals surface area contributed by atoms with E-state index >= 15 is 0 Å². The van der Waals surface area contributed by atoms with Crippen LogP contribution in [0.1, 0.15) is 46.5 Å². The molecular formula is C30H37FN4O4. The molecule has 0 saturated carbocycles. The molecule has 0 radical (unpaired) electrons. The van der Waals surface area contributed by atoms with Gasteiger partial charge >= 0.3 is 5.97 Å². The third-order valence-electron chi connectivity index (χ3n) is 7.31. The van der Waals surface area contributed by atoms with E-state index in [1.807, 2.05) is 37.1 Å². The van der Waals surface area contributed by atoms with Crippen molar-refractivity contribution < 1.29 is 18.7 Å². The molecule has 39 heavy (non-hydrogen) atoms. The van der Waals surface area contributed by atoms with Gasteiger partial charge in [0.2, 0.25) is 0 Å². The van der Waals surface area contributed by atoms with Crippen LogP contribution in [0.2, 0.25) is 0 Å². The van der Waals surface area contributed by atoms with Crippen molar-refractivity contribution in [2.24, 2.45) is 0 Å². The topological polar surface area (TPSA) is 75.1 Å². The summed E-state index contributed by atoms with van der Waals surface area (Å²) in [5.41, 5.74) is 2.46. The zero-order valence-corrected chi connectivity index (χ0v) is 23.2. The summed E-state index contributed by atoms with van der Waals surface area (Å²) in [6.07, 6.45) is 0.763. The summed E-state index contributed by atoms with van der Waals surface area (Å²) < 4.78 is 20.4. The molecule has 2 aromatic carbocycles. The van der Waals surface area contributed by atoms with Gasteiger partial charge < -0.3 is 24.0 Å². The van der Waals surface area contributed by atoms with Gasteiger partial charge in [0, 0.05) is 43.7 Å². The maximum absolute atomic E-state index is 13.9. The summed E-state index contributed by atoms with van der Waals surface area (Å²) in [6.45, 7) is 9.86. The van der Waals surface area contributed by atoms with Gasteiger partial charge in [-0.05, 0) is 76.8 Å². The first-order valence-corrected chi connectivity index (χ1v) is 13.6. The van der Waals surface area contributed by atoms with Gasteiger partial charge in [-0.25, -0.2) is 9.18 Å². The number of anilines is 1. The lowest BCUT2D eigenvalue weighted by atomic mass is 10.0. The molecule has 0 bridgehead atoms. The van der Waals surface area contributed by atoms with E-state index in [4.69, 9.17) is 4.74 Å². The highest BCUT2D eigenvalue weighted by Gasteiger charge is 2.30. The molecule has 0 aliphatic carbocycles. The number of esters is 1. The molecule has 1 fully saturated rings. The Hall–Kier alpha value is -3.72. The third kappa shape index (κ3) is 6.14. The van der Waals surface area contributed by atoms with Gasteiger partial charge in [0.25, 0.3) is 11.5 Å². The second-order valence-electron chi connectivity index (χ2n) is 9.96. The second kappa shape index (κ2) is 12.4. The molecule has 1 amide bonds. The Kier molecular flexibility index (Phi) is 9.01. The van der Waals surface area contributed by atoms with Crippen molar-refractivity contribution in [1.29, 1.82) is 0 Å². The van der Waals surface area contributed by atoms with Crippen LogP contribution in [0.3, 0.4) is 0 Å². The van der Waals surface area contributed by atoms with Crippen molar-refractivity contribution in [3.8, 4) is 0 Å². The van der Waals surface area contributed by atoms with Crippen LogP contribution in [0.4, 0.5) is 10.1 Å². The summed E-state index contributed by atoms with van der Waals surface area (Å²) in [4.78, 5) is 46.1. The first-order valence-electron chi connectivity index (χ1n) is 13.6. The van der Waals surface area contributed by atoms with E-state index in [-0.39, 0.29) is 23.6 Å². The first kappa shape index (κ1) is 28.3. The number of amides is 1. The molecule has 8 nitrogen and oxygen atoms in total. The summed E-state index contributed by atoms with van der Waals surface area (Å²) in [6, 6.07) is 11.5. The highest BCUT2D eigenvalue weighted by atomic mass is 19.1. The minimum Gasteiger partial charge on any atom is -0.462 e. The number of benzene rings is 2. The van der Waals surface area contributed by atoms with E-state index in [1.54, 1.807) is 16.4 Å². The van der Waals surface area contributed by atoms with E-state index in [2.05, 4.69) is 11.8 Å². The van der Waals surface area contributed by atoms with Crippen molar-refractivity contribution in [2.45, 2.75) is 33.7 Å². The van der Waals surface area contributed by atoms with E-state index < -0.39 is 11.8 Å². The maximum atomic E-state index is 13.9. The maximum Gasteiger partial charge on any atom is 0.345 e. The molecule has 1 aliphatic rings. The summed E-state index contributed by atoms with van der Waals surface area (Å²) in [5, 5.41) is 0.819. The number of aryl methyl sites for hydroxylation is 2. The predicted molar refractivity (Wildman–Crippen MR) is 151 cm³/mol. The van der Waals surface area contributed by atoms with Crippen LogP contribution >= 0.6 is 0 Å². The lowest BCUT2D eigenvalue weighted by molar-refractivity contribution is 0.0523. The Morgan fingerprint density at radius 1 is 1.03 bits per heavy atom. The summed E-state index contributed by atoms with van der Waals surface area (Å²) in [7, 11) is 2.04. The number of hydrogen-bond donors (Lipinski definition) is 0. The fourth-order valence-corrected chi connectivity index (χ4v) is 5.06. The number of carbonyl (C=O) groups excluding carboxylic acids is 2. The van der Waals surface area contributed by atoms with Crippen molar-refractivity contribution in [2.75, 3.05) is 57.8 Å². The van der Waals surface area contributed by atoms with Crippen LogP contribution in [0.15, 0.2) is 47.3 Å². The van der Waals surface area contributed by atoms with Gasteiger partial charge in [-0.15, -0.1) is 0 Å². The number of fused-ring (bicyclic) bond motifs is 1. The number of rotatable bonds is 9. The van der Waals surface area contributed by atoms with Crippen LogP contribution in [-0.4, -0.2) is 79.2 Å². The van der Waals surface area contributed by atoms with E-state index in [0.717, 1.165) is 36.0 Å². The molecule has 0 N–H and O–H groups in total. The fourth-order valence-electron chi connectivity index (χ4n) is 5.06. The average Bonchev–Trinajstić information content (AvgIpc) is 2.94. The molecule has 3 aromatic rings. The number of halogens is 1. The smallest absolute Gasteiger partial charge is 0.345 e. The summed E-state index contributed by atoms with van der Waals surface area (Å²) in [5.74, 6) is -1.20. The van der Waals surface area contributed by atoms with Gasteiger partial charge in [0.05, 0.1) is 17.8 Å². The molecule has 1 aliphatic heterocycles. The molecule has 208 valence electrons. The Balaban J connectivity index is 1.72. The molecule has 0 atom stereocenters. The monoisotopic (exact) mass is 536 g/mol. The van der Waals surface area contributed by atoms with Crippen LogP contribution in [0.5, 0.6) is 0 Å². The number of aromatic nitrogens is 1. The number of nitrogens with zero attached hydrogens (tertiary/aromatic N) is 4. The minimum atomic E-state index is -0.634. The molecular weight excluding hydrogens is 499 g/mol. The van der Waals surface area contributed by atoms with Gasteiger partial charge in [-0.3, -0.25) is 9.59 Å². The zero-order chi connectivity index (χ0) is 28.1. The second-order valence-corrected chi connectivity index (χ2v) is 9.96. The third-order valence-corrected chi connectivity index (χ3v) is 7.31. The Labute approximate surface area is 228 Å². The highest BCUT2D eigenvalue weighted by molar-refractivity contribution is 6.06. The largest absolute Gasteiger partial charge is 0.462 e. The highest BCUT2D eigenvalue weighted by Crippen LogP contribution is 2.32. The van der Waals surface area contributed by atoms with Gasteiger partial charge in [0.1, 0.15) is 11.4 Å². The lowest BCUT2D eigenvalue weighted by Gasteiger charge is -2.37. The number of carbonyl (C=O) groups is 2. The van der Waals surface area contributed by atoms with Crippen molar-refractivity contribution in [3.63, 3.8) is 0 Å². The molecule has 0 spiro atoms.